The Labute approximate surface area is 130 Å². The Hall–Kier alpha value is -3.42. The zero-order valence-electron chi connectivity index (χ0n) is 12.2. The molecule has 0 amide bonds. The van der Waals surface area contributed by atoms with Crippen molar-refractivity contribution in [2.45, 2.75) is 0 Å². The van der Waals surface area contributed by atoms with Crippen LogP contribution in [0.1, 0.15) is 0 Å². The standard InChI is InChI=1S/C15H12N6O2/c1-19-8-11(21(22)23)7-14(19)15-17-12-3-2-10(6-13(12)18-15)20-5-4-16-9-20/h2-9H,1H3,(H,17,18). The van der Waals surface area contributed by atoms with E-state index in [0.717, 1.165) is 16.7 Å². The highest BCUT2D eigenvalue weighted by Gasteiger charge is 2.16. The fraction of sp³-hybridized carbons (Fsp3) is 0.0667. The van der Waals surface area contributed by atoms with Crippen LogP contribution < -0.4 is 0 Å². The van der Waals surface area contributed by atoms with Gasteiger partial charge in [0.2, 0.25) is 0 Å². The number of nitro groups is 1. The highest BCUT2D eigenvalue weighted by atomic mass is 16.6. The van der Waals surface area contributed by atoms with E-state index in [1.807, 2.05) is 29.0 Å². The SMILES string of the molecule is Cn1cc([N+](=O)[O-])cc1-c1nc2ccc(-n3ccnc3)cc2[nH]1. The lowest BCUT2D eigenvalue weighted by Crippen LogP contribution is -1.90. The van der Waals surface area contributed by atoms with Gasteiger partial charge in [-0.15, -0.1) is 0 Å². The molecule has 4 aromatic rings. The van der Waals surface area contributed by atoms with Gasteiger partial charge in [-0.2, -0.15) is 0 Å². The molecule has 0 spiro atoms. The zero-order valence-corrected chi connectivity index (χ0v) is 12.2. The molecule has 0 aliphatic carbocycles. The summed E-state index contributed by atoms with van der Waals surface area (Å²) in [6, 6.07) is 7.32. The number of nitrogens with one attached hydrogen (secondary N) is 1. The molecular weight excluding hydrogens is 296 g/mol. The Morgan fingerprint density at radius 1 is 1.30 bits per heavy atom. The second-order valence-corrected chi connectivity index (χ2v) is 5.21. The van der Waals surface area contributed by atoms with Crippen LogP contribution in [0.5, 0.6) is 0 Å². The van der Waals surface area contributed by atoms with E-state index in [9.17, 15) is 10.1 Å². The summed E-state index contributed by atoms with van der Waals surface area (Å²) in [5.41, 5.74) is 3.32. The van der Waals surface area contributed by atoms with E-state index < -0.39 is 4.92 Å². The van der Waals surface area contributed by atoms with Crippen molar-refractivity contribution in [2.24, 2.45) is 7.05 Å². The molecule has 23 heavy (non-hydrogen) atoms. The van der Waals surface area contributed by atoms with Gasteiger partial charge in [-0.05, 0) is 18.2 Å². The van der Waals surface area contributed by atoms with Gasteiger partial charge in [-0.25, -0.2) is 9.97 Å². The third-order valence-corrected chi connectivity index (χ3v) is 3.71. The van der Waals surface area contributed by atoms with Crippen LogP contribution in [-0.4, -0.2) is 29.0 Å². The first kappa shape index (κ1) is 13.3. The topological polar surface area (TPSA) is 94.6 Å². The van der Waals surface area contributed by atoms with Gasteiger partial charge in [0.15, 0.2) is 5.82 Å². The van der Waals surface area contributed by atoms with Gasteiger partial charge in [0.05, 0.1) is 34.2 Å². The first-order valence-electron chi connectivity index (χ1n) is 6.91. The fourth-order valence-corrected chi connectivity index (χ4v) is 2.57. The molecule has 3 heterocycles. The predicted molar refractivity (Wildman–Crippen MR) is 84.3 cm³/mol. The van der Waals surface area contributed by atoms with Gasteiger partial charge in [0.25, 0.3) is 5.69 Å². The van der Waals surface area contributed by atoms with E-state index in [0.29, 0.717) is 11.5 Å². The Bertz CT molecular complexity index is 1010. The molecule has 8 nitrogen and oxygen atoms in total. The van der Waals surface area contributed by atoms with Gasteiger partial charge in [0.1, 0.15) is 0 Å². The van der Waals surface area contributed by atoms with Crippen LogP contribution in [0.3, 0.4) is 0 Å². The summed E-state index contributed by atoms with van der Waals surface area (Å²) in [6.45, 7) is 0. The van der Waals surface area contributed by atoms with Crippen LogP contribution in [-0.2, 0) is 7.05 Å². The van der Waals surface area contributed by atoms with Crippen LogP contribution >= 0.6 is 0 Å². The summed E-state index contributed by atoms with van der Waals surface area (Å²) in [6.07, 6.45) is 6.77. The van der Waals surface area contributed by atoms with Crippen molar-refractivity contribution in [1.82, 2.24) is 24.1 Å². The largest absolute Gasteiger partial charge is 0.342 e. The number of aryl methyl sites for hydroxylation is 1. The van der Waals surface area contributed by atoms with Crippen molar-refractivity contribution in [3.05, 3.63) is 59.3 Å². The lowest BCUT2D eigenvalue weighted by atomic mass is 10.3. The van der Waals surface area contributed by atoms with Crippen LogP contribution in [0.15, 0.2) is 49.2 Å². The summed E-state index contributed by atoms with van der Waals surface area (Å²) in [7, 11) is 1.76. The van der Waals surface area contributed by atoms with Crippen molar-refractivity contribution >= 4 is 16.7 Å². The molecule has 0 bridgehead atoms. The number of hydrogen-bond donors (Lipinski definition) is 1. The molecule has 0 saturated heterocycles. The maximum atomic E-state index is 10.9. The van der Waals surface area contributed by atoms with E-state index in [1.165, 1.54) is 12.3 Å². The second kappa shape index (κ2) is 4.80. The average Bonchev–Trinajstić information content (AvgIpc) is 3.25. The summed E-state index contributed by atoms with van der Waals surface area (Å²) in [5, 5.41) is 10.9. The van der Waals surface area contributed by atoms with E-state index in [1.54, 1.807) is 24.1 Å². The molecule has 1 aromatic carbocycles. The number of hydrogen-bond acceptors (Lipinski definition) is 4. The van der Waals surface area contributed by atoms with Crippen molar-refractivity contribution < 1.29 is 4.92 Å². The van der Waals surface area contributed by atoms with Gasteiger partial charge >= 0.3 is 0 Å². The lowest BCUT2D eigenvalue weighted by Gasteiger charge is -2.00. The number of aromatic amines is 1. The number of imidazole rings is 2. The maximum Gasteiger partial charge on any atom is 0.287 e. The molecule has 3 aromatic heterocycles. The molecule has 114 valence electrons. The zero-order chi connectivity index (χ0) is 16.0. The first-order valence-corrected chi connectivity index (χ1v) is 6.91. The lowest BCUT2D eigenvalue weighted by molar-refractivity contribution is -0.384. The summed E-state index contributed by atoms with van der Waals surface area (Å²) >= 11 is 0. The van der Waals surface area contributed by atoms with Gasteiger partial charge < -0.3 is 14.1 Å². The molecule has 0 aliphatic heterocycles. The van der Waals surface area contributed by atoms with Crippen LogP contribution in [0.25, 0.3) is 28.2 Å². The Balaban J connectivity index is 1.81. The summed E-state index contributed by atoms with van der Waals surface area (Å²) in [5.74, 6) is 0.596. The highest BCUT2D eigenvalue weighted by Crippen LogP contribution is 2.26. The van der Waals surface area contributed by atoms with Gasteiger partial charge in [0, 0.05) is 31.2 Å². The monoisotopic (exact) mass is 308 g/mol. The van der Waals surface area contributed by atoms with E-state index in [2.05, 4.69) is 15.0 Å². The van der Waals surface area contributed by atoms with E-state index >= 15 is 0 Å². The molecule has 0 atom stereocenters. The number of rotatable bonds is 3. The molecule has 1 N–H and O–H groups in total. The molecule has 0 unspecified atom stereocenters. The van der Waals surface area contributed by atoms with Crippen LogP contribution in [0.2, 0.25) is 0 Å². The molecule has 8 heteroatoms. The number of nitrogens with zero attached hydrogens (tertiary/aromatic N) is 5. The van der Waals surface area contributed by atoms with Crippen molar-refractivity contribution in [3.8, 4) is 17.2 Å². The maximum absolute atomic E-state index is 10.9. The second-order valence-electron chi connectivity index (χ2n) is 5.21. The van der Waals surface area contributed by atoms with Crippen LogP contribution in [0.4, 0.5) is 5.69 Å². The minimum Gasteiger partial charge on any atom is -0.342 e. The Morgan fingerprint density at radius 3 is 2.87 bits per heavy atom. The van der Waals surface area contributed by atoms with E-state index in [-0.39, 0.29) is 5.69 Å². The summed E-state index contributed by atoms with van der Waals surface area (Å²) < 4.78 is 3.58. The molecule has 0 saturated carbocycles. The minimum atomic E-state index is -0.413. The summed E-state index contributed by atoms with van der Waals surface area (Å²) in [4.78, 5) is 22.3. The molecule has 0 radical (unpaired) electrons. The van der Waals surface area contributed by atoms with Crippen molar-refractivity contribution in [3.63, 3.8) is 0 Å². The Morgan fingerprint density at radius 2 is 2.17 bits per heavy atom. The average molecular weight is 308 g/mol. The Kier molecular flexibility index (Phi) is 2.77. The normalized spacial score (nSPS) is 11.2. The molecular formula is C15H12N6O2. The van der Waals surface area contributed by atoms with Crippen molar-refractivity contribution in [1.29, 1.82) is 0 Å². The molecule has 0 fully saturated rings. The number of aromatic nitrogens is 5. The molecule has 0 aliphatic rings. The smallest absolute Gasteiger partial charge is 0.287 e. The van der Waals surface area contributed by atoms with Gasteiger partial charge in [-0.3, -0.25) is 10.1 Å². The third kappa shape index (κ3) is 2.16. The number of benzene rings is 1. The quantitative estimate of drug-likeness (QED) is 0.465. The van der Waals surface area contributed by atoms with Crippen molar-refractivity contribution in [2.75, 3.05) is 0 Å². The third-order valence-electron chi connectivity index (χ3n) is 3.71. The highest BCUT2D eigenvalue weighted by molar-refractivity contribution is 5.81. The minimum absolute atomic E-state index is 0.0436. The first-order chi connectivity index (χ1) is 11.1. The molecule has 4 rings (SSSR count). The fourth-order valence-electron chi connectivity index (χ4n) is 2.57. The van der Waals surface area contributed by atoms with Crippen LogP contribution in [0, 0.1) is 10.1 Å². The van der Waals surface area contributed by atoms with E-state index in [4.69, 9.17) is 0 Å². The number of H-pyrrole nitrogens is 1. The van der Waals surface area contributed by atoms with Gasteiger partial charge in [-0.1, -0.05) is 0 Å². The predicted octanol–water partition coefficient (Wildman–Crippen LogP) is 2.66. The number of fused-ring (bicyclic) bond motifs is 1.